The quantitative estimate of drug-likeness (QED) is 0.637. The number of halogens is 1. The number of nitriles is 1. The Balaban J connectivity index is 1.83. The van der Waals surface area contributed by atoms with Crippen LogP contribution < -0.4 is 5.32 Å². The van der Waals surface area contributed by atoms with Crippen LogP contribution >= 0.6 is 24.2 Å². The zero-order valence-electron chi connectivity index (χ0n) is 13.0. The number of carbonyl (C=O) groups is 1. The maximum Gasteiger partial charge on any atom is 0.224 e. The number of benzene rings is 1. The summed E-state index contributed by atoms with van der Waals surface area (Å²) in [5.74, 6) is 0.289. The van der Waals surface area contributed by atoms with Gasteiger partial charge in [0.1, 0.15) is 12.1 Å². The summed E-state index contributed by atoms with van der Waals surface area (Å²) in [6.07, 6.45) is 3.74. The number of nitrogens with zero attached hydrogens (tertiary/aromatic N) is 2. The van der Waals surface area contributed by atoms with Gasteiger partial charge in [-0.1, -0.05) is 24.4 Å². The standard InChI is InChI=1S/C17H18ClN3O2S/c18-10-5-6-13-14(9-10)23-17(21-13)15(24)11-3-1-2-4-12(11)16(22)20-8-7-19/h5-6,9,11-12,15,24H,1-4,8H2,(H,20,22). The van der Waals surface area contributed by atoms with Gasteiger partial charge in [0.2, 0.25) is 11.8 Å². The Morgan fingerprint density at radius 1 is 1.50 bits per heavy atom. The molecule has 0 bridgehead atoms. The van der Waals surface area contributed by atoms with Crippen molar-refractivity contribution in [2.75, 3.05) is 6.54 Å². The minimum absolute atomic E-state index is 0.0285. The van der Waals surface area contributed by atoms with Crippen LogP contribution in [0.2, 0.25) is 5.02 Å². The topological polar surface area (TPSA) is 78.9 Å². The maximum atomic E-state index is 12.4. The average molecular weight is 364 g/mol. The van der Waals surface area contributed by atoms with Gasteiger partial charge < -0.3 is 9.73 Å². The van der Waals surface area contributed by atoms with Crippen LogP contribution in [0, 0.1) is 23.2 Å². The number of rotatable bonds is 4. The molecule has 7 heteroatoms. The molecule has 1 N–H and O–H groups in total. The highest BCUT2D eigenvalue weighted by Gasteiger charge is 2.37. The smallest absolute Gasteiger partial charge is 0.224 e. The predicted octanol–water partition coefficient (Wildman–Crippen LogP) is 3.90. The van der Waals surface area contributed by atoms with E-state index in [1.807, 2.05) is 12.1 Å². The molecule has 1 aromatic carbocycles. The number of thiol groups is 1. The molecule has 1 aliphatic carbocycles. The van der Waals surface area contributed by atoms with E-state index in [1.165, 1.54) is 0 Å². The first-order chi connectivity index (χ1) is 11.6. The van der Waals surface area contributed by atoms with E-state index in [2.05, 4.69) is 10.3 Å². The number of carbonyl (C=O) groups excluding carboxylic acids is 1. The molecule has 126 valence electrons. The lowest BCUT2D eigenvalue weighted by Gasteiger charge is -2.32. The van der Waals surface area contributed by atoms with Gasteiger partial charge in [-0.25, -0.2) is 4.98 Å². The third kappa shape index (κ3) is 3.52. The molecule has 2 aromatic rings. The van der Waals surface area contributed by atoms with Crippen LogP contribution in [0.5, 0.6) is 0 Å². The Hall–Kier alpha value is -1.71. The molecule has 0 radical (unpaired) electrons. The molecule has 0 spiro atoms. The van der Waals surface area contributed by atoms with Crippen LogP contribution in [0.25, 0.3) is 11.1 Å². The van der Waals surface area contributed by atoms with E-state index in [1.54, 1.807) is 12.1 Å². The second-order valence-electron chi connectivity index (χ2n) is 6.04. The molecule has 3 rings (SSSR count). The van der Waals surface area contributed by atoms with Crippen molar-refractivity contribution in [2.24, 2.45) is 11.8 Å². The van der Waals surface area contributed by atoms with E-state index in [-0.39, 0.29) is 29.5 Å². The number of nitrogens with one attached hydrogen (secondary N) is 1. The second-order valence-corrected chi connectivity index (χ2v) is 7.03. The summed E-state index contributed by atoms with van der Waals surface area (Å²) in [7, 11) is 0. The minimum Gasteiger partial charge on any atom is -0.439 e. The summed E-state index contributed by atoms with van der Waals surface area (Å²) in [5.41, 5.74) is 1.35. The lowest BCUT2D eigenvalue weighted by Crippen LogP contribution is -2.38. The molecule has 1 aliphatic rings. The molecule has 3 atom stereocenters. The molecule has 0 aliphatic heterocycles. The first-order valence-electron chi connectivity index (χ1n) is 7.99. The normalized spacial score (nSPS) is 22.0. The molecular formula is C17H18ClN3O2S. The Bertz CT molecular complexity index is 786. The van der Waals surface area contributed by atoms with Gasteiger partial charge in [0.25, 0.3) is 0 Å². The van der Waals surface area contributed by atoms with Crippen molar-refractivity contribution in [2.45, 2.75) is 30.9 Å². The third-order valence-corrected chi connectivity index (χ3v) is 5.36. The van der Waals surface area contributed by atoms with Gasteiger partial charge in [0.15, 0.2) is 5.58 Å². The SMILES string of the molecule is N#CCNC(=O)C1CCCCC1C(S)c1nc2ccc(Cl)cc2o1. The van der Waals surface area contributed by atoms with Crippen LogP contribution in [0.3, 0.4) is 0 Å². The molecule has 1 fully saturated rings. The fourth-order valence-electron chi connectivity index (χ4n) is 3.35. The minimum atomic E-state index is -0.269. The van der Waals surface area contributed by atoms with Crippen LogP contribution in [-0.4, -0.2) is 17.4 Å². The van der Waals surface area contributed by atoms with Crippen LogP contribution in [0.15, 0.2) is 22.6 Å². The van der Waals surface area contributed by atoms with Crippen LogP contribution in [0.1, 0.15) is 36.8 Å². The first-order valence-corrected chi connectivity index (χ1v) is 8.88. The third-order valence-electron chi connectivity index (χ3n) is 4.52. The molecule has 1 amide bonds. The van der Waals surface area contributed by atoms with Gasteiger partial charge in [0.05, 0.1) is 11.3 Å². The average Bonchev–Trinajstić information content (AvgIpc) is 3.02. The molecule has 1 heterocycles. The van der Waals surface area contributed by atoms with E-state index in [9.17, 15) is 4.79 Å². The van der Waals surface area contributed by atoms with Gasteiger partial charge in [-0.05, 0) is 30.9 Å². The number of aromatic nitrogens is 1. The summed E-state index contributed by atoms with van der Waals surface area (Å²) in [6.45, 7) is 0.0285. The number of hydrogen-bond acceptors (Lipinski definition) is 5. The molecule has 0 saturated heterocycles. The van der Waals surface area contributed by atoms with Crippen molar-refractivity contribution in [1.82, 2.24) is 10.3 Å². The van der Waals surface area contributed by atoms with E-state index < -0.39 is 0 Å². The van der Waals surface area contributed by atoms with Gasteiger partial charge in [-0.15, -0.1) is 0 Å². The number of amides is 1. The molecule has 24 heavy (non-hydrogen) atoms. The highest BCUT2D eigenvalue weighted by Crippen LogP contribution is 2.42. The van der Waals surface area contributed by atoms with Gasteiger partial charge in [-0.2, -0.15) is 17.9 Å². The van der Waals surface area contributed by atoms with E-state index >= 15 is 0 Å². The maximum absolute atomic E-state index is 12.4. The number of fused-ring (bicyclic) bond motifs is 1. The molecule has 5 nitrogen and oxygen atoms in total. The Kier molecular flexibility index (Phi) is 5.32. The molecule has 1 saturated carbocycles. The Labute approximate surface area is 150 Å². The van der Waals surface area contributed by atoms with Gasteiger partial charge >= 0.3 is 0 Å². The van der Waals surface area contributed by atoms with Crippen molar-refractivity contribution in [3.8, 4) is 6.07 Å². The van der Waals surface area contributed by atoms with Crippen LogP contribution in [0.4, 0.5) is 0 Å². The summed E-state index contributed by atoms with van der Waals surface area (Å²) < 4.78 is 5.82. The molecular weight excluding hydrogens is 346 g/mol. The van der Waals surface area contributed by atoms with Gasteiger partial charge in [-0.3, -0.25) is 4.79 Å². The van der Waals surface area contributed by atoms with E-state index in [4.69, 9.17) is 33.9 Å². The van der Waals surface area contributed by atoms with E-state index in [0.717, 1.165) is 31.2 Å². The highest BCUT2D eigenvalue weighted by molar-refractivity contribution is 7.80. The zero-order chi connectivity index (χ0) is 17.1. The van der Waals surface area contributed by atoms with Crippen molar-refractivity contribution in [3.05, 3.63) is 29.1 Å². The summed E-state index contributed by atoms with van der Waals surface area (Å²) in [5, 5.41) is 11.6. The van der Waals surface area contributed by atoms with E-state index in [0.29, 0.717) is 16.5 Å². The van der Waals surface area contributed by atoms with Crippen molar-refractivity contribution in [3.63, 3.8) is 0 Å². The predicted molar refractivity (Wildman–Crippen MR) is 94.8 cm³/mol. The summed E-state index contributed by atoms with van der Waals surface area (Å²) >= 11 is 10.7. The largest absolute Gasteiger partial charge is 0.439 e. The number of oxazole rings is 1. The highest BCUT2D eigenvalue weighted by atomic mass is 35.5. The molecule has 1 aromatic heterocycles. The van der Waals surface area contributed by atoms with Gasteiger partial charge in [0, 0.05) is 17.0 Å². The lowest BCUT2D eigenvalue weighted by atomic mass is 9.76. The van der Waals surface area contributed by atoms with Crippen LogP contribution in [-0.2, 0) is 4.79 Å². The fourth-order valence-corrected chi connectivity index (χ4v) is 3.98. The van der Waals surface area contributed by atoms with Crippen molar-refractivity contribution in [1.29, 1.82) is 5.26 Å². The zero-order valence-corrected chi connectivity index (χ0v) is 14.7. The summed E-state index contributed by atoms with van der Waals surface area (Å²) in [4.78, 5) is 16.9. The second kappa shape index (κ2) is 7.45. The fraction of sp³-hybridized carbons (Fsp3) is 0.471. The monoisotopic (exact) mass is 363 g/mol. The molecule has 3 unspecified atom stereocenters. The Morgan fingerprint density at radius 3 is 3.08 bits per heavy atom. The number of hydrogen-bond donors (Lipinski definition) is 2. The first kappa shape index (κ1) is 17.1. The van der Waals surface area contributed by atoms with Crippen molar-refractivity contribution >= 4 is 41.2 Å². The summed E-state index contributed by atoms with van der Waals surface area (Å²) in [6, 6.07) is 7.25. The Morgan fingerprint density at radius 2 is 2.29 bits per heavy atom. The lowest BCUT2D eigenvalue weighted by molar-refractivity contribution is -0.127. The van der Waals surface area contributed by atoms with Crippen molar-refractivity contribution < 1.29 is 9.21 Å².